The van der Waals surface area contributed by atoms with E-state index in [9.17, 15) is 4.79 Å². The van der Waals surface area contributed by atoms with E-state index in [0.29, 0.717) is 17.3 Å². The average molecular weight is 343 g/mol. The molecule has 3 aromatic rings. The maximum atomic E-state index is 12.2. The molecule has 0 unspecified atom stereocenters. The van der Waals surface area contributed by atoms with E-state index in [0.717, 1.165) is 24.4 Å². The molecule has 3 aromatic heterocycles. The molecule has 0 radical (unpaired) electrons. The Morgan fingerprint density at radius 1 is 1.25 bits per heavy atom. The average Bonchev–Trinajstić information content (AvgIpc) is 3.23. The van der Waals surface area contributed by atoms with Gasteiger partial charge in [0.1, 0.15) is 11.5 Å². The van der Waals surface area contributed by atoms with Gasteiger partial charge in [0, 0.05) is 37.7 Å². The van der Waals surface area contributed by atoms with Gasteiger partial charge < -0.3 is 10.2 Å². The summed E-state index contributed by atoms with van der Waals surface area (Å²) in [6, 6.07) is 7.24. The van der Waals surface area contributed by atoms with Crippen LogP contribution in [0.5, 0.6) is 0 Å². The van der Waals surface area contributed by atoms with Crippen molar-refractivity contribution < 1.29 is 4.79 Å². The van der Waals surface area contributed by atoms with Gasteiger partial charge in [-0.3, -0.25) is 4.79 Å². The van der Waals surface area contributed by atoms with E-state index in [4.69, 9.17) is 11.6 Å². The Morgan fingerprint density at radius 3 is 3.00 bits per heavy atom. The molecular formula is C16H15ClN6O. The maximum Gasteiger partial charge on any atom is 0.270 e. The van der Waals surface area contributed by atoms with E-state index in [1.165, 1.54) is 6.20 Å². The lowest BCUT2D eigenvalue weighted by molar-refractivity contribution is 0.0935. The Bertz CT molecular complexity index is 878. The highest BCUT2D eigenvalue weighted by atomic mass is 35.5. The Morgan fingerprint density at radius 2 is 2.17 bits per heavy atom. The second-order valence-corrected chi connectivity index (χ2v) is 6.12. The Labute approximate surface area is 143 Å². The van der Waals surface area contributed by atoms with Crippen LogP contribution >= 0.6 is 11.6 Å². The van der Waals surface area contributed by atoms with E-state index in [1.807, 2.05) is 18.3 Å². The van der Waals surface area contributed by atoms with Gasteiger partial charge in [0.2, 0.25) is 0 Å². The summed E-state index contributed by atoms with van der Waals surface area (Å²) in [5.41, 5.74) is 1.19. The largest absolute Gasteiger partial charge is 0.353 e. The molecule has 0 aromatic carbocycles. The minimum atomic E-state index is -0.184. The lowest BCUT2D eigenvalue weighted by Gasteiger charge is -2.17. The molecule has 1 amide bonds. The molecule has 1 saturated heterocycles. The van der Waals surface area contributed by atoms with Crippen LogP contribution in [0, 0.1) is 0 Å². The van der Waals surface area contributed by atoms with Gasteiger partial charge >= 0.3 is 0 Å². The minimum absolute atomic E-state index is 0.0651. The summed E-state index contributed by atoms with van der Waals surface area (Å²) in [6.45, 7) is 1.55. The number of halogens is 1. The van der Waals surface area contributed by atoms with Gasteiger partial charge in [-0.1, -0.05) is 11.6 Å². The molecule has 4 heterocycles. The number of carbonyl (C=O) groups is 1. The molecule has 1 N–H and O–H groups in total. The van der Waals surface area contributed by atoms with Crippen LogP contribution in [-0.2, 0) is 0 Å². The van der Waals surface area contributed by atoms with Crippen molar-refractivity contribution in [3.05, 3.63) is 53.6 Å². The molecule has 1 atom stereocenters. The van der Waals surface area contributed by atoms with Gasteiger partial charge in [-0.05, 0) is 30.7 Å². The molecule has 8 heteroatoms. The highest BCUT2D eigenvalue weighted by Crippen LogP contribution is 2.18. The number of pyridine rings is 1. The van der Waals surface area contributed by atoms with Crippen LogP contribution in [0.4, 0.5) is 5.82 Å². The van der Waals surface area contributed by atoms with E-state index in [-0.39, 0.29) is 11.9 Å². The van der Waals surface area contributed by atoms with Gasteiger partial charge in [-0.15, -0.1) is 5.10 Å². The van der Waals surface area contributed by atoms with Crippen molar-refractivity contribution in [3.63, 3.8) is 0 Å². The van der Waals surface area contributed by atoms with E-state index in [2.05, 4.69) is 25.3 Å². The molecule has 1 aliphatic rings. The van der Waals surface area contributed by atoms with Crippen molar-refractivity contribution >= 4 is 29.0 Å². The predicted molar refractivity (Wildman–Crippen MR) is 90.3 cm³/mol. The van der Waals surface area contributed by atoms with E-state index >= 15 is 0 Å². The van der Waals surface area contributed by atoms with Crippen molar-refractivity contribution in [1.82, 2.24) is 24.9 Å². The minimum Gasteiger partial charge on any atom is -0.353 e. The first-order valence-corrected chi connectivity index (χ1v) is 8.04. The van der Waals surface area contributed by atoms with E-state index < -0.39 is 0 Å². The summed E-state index contributed by atoms with van der Waals surface area (Å²) in [6.07, 6.45) is 5.88. The number of imidazole rings is 1. The fourth-order valence-electron chi connectivity index (χ4n) is 2.83. The summed E-state index contributed by atoms with van der Waals surface area (Å²) in [7, 11) is 0. The molecule has 1 fully saturated rings. The van der Waals surface area contributed by atoms with Crippen molar-refractivity contribution in [1.29, 1.82) is 0 Å². The summed E-state index contributed by atoms with van der Waals surface area (Å²) in [5, 5.41) is 8.07. The lowest BCUT2D eigenvalue weighted by atomic mass is 10.2. The molecule has 24 heavy (non-hydrogen) atoms. The SMILES string of the molecule is O=C(N[C@H]1CCN(c2ccc3nccn3n2)C1)c1ccc(Cl)cn1. The van der Waals surface area contributed by atoms with Crippen LogP contribution < -0.4 is 10.2 Å². The van der Waals surface area contributed by atoms with Crippen LogP contribution in [0.1, 0.15) is 16.9 Å². The second kappa shape index (κ2) is 6.09. The van der Waals surface area contributed by atoms with Gasteiger partial charge in [0.05, 0.1) is 5.02 Å². The first-order valence-electron chi connectivity index (χ1n) is 7.67. The molecular weight excluding hydrogens is 328 g/mol. The summed E-state index contributed by atoms with van der Waals surface area (Å²) >= 11 is 5.79. The monoisotopic (exact) mass is 342 g/mol. The molecule has 7 nitrogen and oxygen atoms in total. The number of rotatable bonds is 3. The Hall–Kier alpha value is -2.67. The number of amides is 1. The number of nitrogens with one attached hydrogen (secondary N) is 1. The quantitative estimate of drug-likeness (QED) is 0.785. The van der Waals surface area contributed by atoms with Crippen molar-refractivity contribution in [2.24, 2.45) is 0 Å². The molecule has 0 bridgehead atoms. The fourth-order valence-corrected chi connectivity index (χ4v) is 2.94. The zero-order chi connectivity index (χ0) is 16.5. The zero-order valence-electron chi connectivity index (χ0n) is 12.8. The molecule has 0 saturated carbocycles. The highest BCUT2D eigenvalue weighted by Gasteiger charge is 2.25. The number of anilines is 1. The fraction of sp³-hybridized carbons (Fsp3) is 0.250. The standard InChI is InChI=1S/C16H15ClN6O/c17-11-1-2-13(19-9-11)16(24)20-12-5-7-22(10-12)15-4-3-14-18-6-8-23(14)21-15/h1-4,6,8-9,12H,5,7,10H2,(H,20,24)/t12-/m0/s1. The molecule has 122 valence electrons. The molecule has 4 rings (SSSR count). The lowest BCUT2D eigenvalue weighted by Crippen LogP contribution is -2.37. The van der Waals surface area contributed by atoms with Crippen LogP contribution in [0.25, 0.3) is 5.65 Å². The van der Waals surface area contributed by atoms with Gasteiger partial charge in [-0.2, -0.15) is 0 Å². The van der Waals surface area contributed by atoms with Gasteiger partial charge in [-0.25, -0.2) is 14.5 Å². The van der Waals surface area contributed by atoms with E-state index in [1.54, 1.807) is 22.8 Å². The molecule has 1 aliphatic heterocycles. The highest BCUT2D eigenvalue weighted by molar-refractivity contribution is 6.30. The number of nitrogens with zero attached hydrogens (tertiary/aromatic N) is 5. The molecule has 0 spiro atoms. The number of hydrogen-bond acceptors (Lipinski definition) is 5. The maximum absolute atomic E-state index is 12.2. The normalized spacial score (nSPS) is 17.4. The predicted octanol–water partition coefficient (Wildman–Crippen LogP) is 1.79. The van der Waals surface area contributed by atoms with Crippen LogP contribution in [-0.4, -0.2) is 44.6 Å². The third kappa shape index (κ3) is 2.90. The third-order valence-electron chi connectivity index (χ3n) is 4.05. The number of fused-ring (bicyclic) bond motifs is 1. The number of hydrogen-bond donors (Lipinski definition) is 1. The smallest absolute Gasteiger partial charge is 0.270 e. The first kappa shape index (κ1) is 14.9. The van der Waals surface area contributed by atoms with Crippen molar-refractivity contribution in [3.8, 4) is 0 Å². The van der Waals surface area contributed by atoms with Gasteiger partial charge in [0.25, 0.3) is 5.91 Å². The van der Waals surface area contributed by atoms with Gasteiger partial charge in [0.15, 0.2) is 5.65 Å². The molecule has 0 aliphatic carbocycles. The second-order valence-electron chi connectivity index (χ2n) is 5.69. The topological polar surface area (TPSA) is 75.4 Å². The number of carbonyl (C=O) groups excluding carboxylic acids is 1. The zero-order valence-corrected chi connectivity index (χ0v) is 13.5. The number of aromatic nitrogens is 4. The van der Waals surface area contributed by atoms with Crippen LogP contribution in [0.3, 0.4) is 0 Å². The van der Waals surface area contributed by atoms with Crippen molar-refractivity contribution in [2.45, 2.75) is 12.5 Å². The summed E-state index contributed by atoms with van der Waals surface area (Å²) in [4.78, 5) is 22.6. The van der Waals surface area contributed by atoms with Crippen LogP contribution in [0.2, 0.25) is 5.02 Å². The summed E-state index contributed by atoms with van der Waals surface area (Å²) < 4.78 is 1.75. The van der Waals surface area contributed by atoms with Crippen molar-refractivity contribution in [2.75, 3.05) is 18.0 Å². The Kier molecular flexibility index (Phi) is 3.78. The Balaban J connectivity index is 1.42. The first-order chi connectivity index (χ1) is 11.7. The third-order valence-corrected chi connectivity index (χ3v) is 4.27. The summed E-state index contributed by atoms with van der Waals surface area (Å²) in [5.74, 6) is 0.693. The van der Waals surface area contributed by atoms with Crippen LogP contribution in [0.15, 0.2) is 42.9 Å².